The maximum absolute atomic E-state index is 12.9. The monoisotopic (exact) mass is 293 g/mol. The lowest BCUT2D eigenvalue weighted by atomic mass is 10.0. The minimum absolute atomic E-state index is 0.0261. The number of aromatic nitrogens is 1. The topological polar surface area (TPSA) is 42.2 Å². The molecular weight excluding hydrogens is 274 g/mol. The van der Waals surface area contributed by atoms with Gasteiger partial charge in [-0.05, 0) is 19.9 Å². The Hall–Kier alpha value is -2.39. The Morgan fingerprint density at radius 3 is 2.41 bits per heavy atom. The Bertz CT molecular complexity index is 818. The lowest BCUT2D eigenvalue weighted by Crippen LogP contribution is -2.12. The van der Waals surface area contributed by atoms with E-state index in [1.54, 1.807) is 0 Å². The summed E-state index contributed by atoms with van der Waals surface area (Å²) in [5.74, 6) is 0.0261. The quantitative estimate of drug-likeness (QED) is 0.745. The van der Waals surface area contributed by atoms with Crippen LogP contribution in [0.25, 0.3) is 10.9 Å². The molecule has 0 spiro atoms. The van der Waals surface area contributed by atoms with E-state index in [9.17, 15) is 9.90 Å². The maximum atomic E-state index is 12.9. The molecule has 2 aromatic carbocycles. The van der Waals surface area contributed by atoms with Crippen molar-refractivity contribution in [2.24, 2.45) is 0 Å². The minimum atomic E-state index is -0.0674. The number of fused-ring (bicyclic) bond motifs is 1. The SMILES string of the molecule is Cc1c(C(=O)c2ccccc2)c2ccccc2n1[C@H](C)CO. The second kappa shape index (κ2) is 5.78. The normalized spacial score (nSPS) is 12.5. The highest BCUT2D eigenvalue weighted by Crippen LogP contribution is 2.30. The third-order valence-corrected chi connectivity index (χ3v) is 4.12. The number of rotatable bonds is 4. The minimum Gasteiger partial charge on any atom is -0.394 e. The highest BCUT2D eigenvalue weighted by molar-refractivity contribution is 6.17. The van der Waals surface area contributed by atoms with Crippen LogP contribution in [0.5, 0.6) is 0 Å². The summed E-state index contributed by atoms with van der Waals surface area (Å²) in [5.41, 5.74) is 3.30. The molecule has 112 valence electrons. The molecule has 0 amide bonds. The summed E-state index contributed by atoms with van der Waals surface area (Å²) in [4.78, 5) is 12.9. The number of carbonyl (C=O) groups is 1. The summed E-state index contributed by atoms with van der Waals surface area (Å²) in [6.45, 7) is 3.94. The molecule has 22 heavy (non-hydrogen) atoms. The molecule has 0 radical (unpaired) electrons. The van der Waals surface area contributed by atoms with Gasteiger partial charge in [-0.15, -0.1) is 0 Å². The highest BCUT2D eigenvalue weighted by atomic mass is 16.3. The van der Waals surface area contributed by atoms with Crippen molar-refractivity contribution in [1.82, 2.24) is 4.57 Å². The van der Waals surface area contributed by atoms with E-state index in [4.69, 9.17) is 0 Å². The highest BCUT2D eigenvalue weighted by Gasteiger charge is 2.22. The fraction of sp³-hybridized carbons (Fsp3) is 0.211. The van der Waals surface area contributed by atoms with E-state index in [1.165, 1.54) is 0 Å². The van der Waals surface area contributed by atoms with Crippen LogP contribution in [0.1, 0.15) is 34.6 Å². The van der Waals surface area contributed by atoms with Crippen molar-refractivity contribution >= 4 is 16.7 Å². The number of para-hydroxylation sites is 1. The molecule has 0 aliphatic heterocycles. The fourth-order valence-electron chi connectivity index (χ4n) is 3.06. The van der Waals surface area contributed by atoms with Gasteiger partial charge in [0.15, 0.2) is 5.78 Å². The first-order valence-corrected chi connectivity index (χ1v) is 7.45. The van der Waals surface area contributed by atoms with Gasteiger partial charge in [0, 0.05) is 22.2 Å². The molecule has 1 N–H and O–H groups in total. The molecule has 0 fully saturated rings. The van der Waals surface area contributed by atoms with Crippen molar-refractivity contribution in [3.8, 4) is 0 Å². The molecule has 0 aliphatic carbocycles. The van der Waals surface area contributed by atoms with E-state index in [2.05, 4.69) is 0 Å². The number of aliphatic hydroxyl groups is 1. The van der Waals surface area contributed by atoms with Crippen molar-refractivity contribution in [1.29, 1.82) is 0 Å². The molecule has 0 saturated carbocycles. The third-order valence-electron chi connectivity index (χ3n) is 4.12. The van der Waals surface area contributed by atoms with Gasteiger partial charge in [0.25, 0.3) is 0 Å². The number of benzene rings is 2. The molecule has 1 heterocycles. The van der Waals surface area contributed by atoms with Gasteiger partial charge >= 0.3 is 0 Å². The van der Waals surface area contributed by atoms with Gasteiger partial charge in [-0.3, -0.25) is 4.79 Å². The van der Waals surface area contributed by atoms with Gasteiger partial charge in [-0.1, -0.05) is 48.5 Å². The maximum Gasteiger partial charge on any atom is 0.195 e. The van der Waals surface area contributed by atoms with Crippen LogP contribution in [0, 0.1) is 6.92 Å². The largest absolute Gasteiger partial charge is 0.394 e. The molecule has 0 aliphatic rings. The summed E-state index contributed by atoms with van der Waals surface area (Å²) in [6.07, 6.45) is 0. The standard InChI is InChI=1S/C19H19NO2/c1-13(12-21)20-14(2)18(16-10-6-7-11-17(16)20)19(22)15-8-4-3-5-9-15/h3-11,13,21H,12H2,1-2H3/t13-/m1/s1. The van der Waals surface area contributed by atoms with Crippen molar-refractivity contribution in [3.05, 3.63) is 71.4 Å². The van der Waals surface area contributed by atoms with E-state index in [-0.39, 0.29) is 18.4 Å². The van der Waals surface area contributed by atoms with Crippen LogP contribution in [-0.2, 0) is 0 Å². The van der Waals surface area contributed by atoms with Gasteiger partial charge < -0.3 is 9.67 Å². The molecule has 3 aromatic rings. The average molecular weight is 293 g/mol. The molecular formula is C19H19NO2. The molecule has 3 rings (SSSR count). The Morgan fingerprint density at radius 2 is 1.73 bits per heavy atom. The van der Waals surface area contributed by atoms with Crippen LogP contribution >= 0.6 is 0 Å². The number of nitrogens with zero attached hydrogens (tertiary/aromatic N) is 1. The number of hydrogen-bond donors (Lipinski definition) is 1. The van der Waals surface area contributed by atoms with Crippen LogP contribution in [0.2, 0.25) is 0 Å². The molecule has 0 saturated heterocycles. The molecule has 1 atom stereocenters. The van der Waals surface area contributed by atoms with Gasteiger partial charge in [0.05, 0.1) is 18.2 Å². The fourth-order valence-corrected chi connectivity index (χ4v) is 3.06. The lowest BCUT2D eigenvalue weighted by Gasteiger charge is -2.15. The van der Waals surface area contributed by atoms with Crippen LogP contribution in [0.4, 0.5) is 0 Å². The van der Waals surface area contributed by atoms with Gasteiger partial charge in [0.2, 0.25) is 0 Å². The van der Waals surface area contributed by atoms with Gasteiger partial charge in [0.1, 0.15) is 0 Å². The molecule has 0 bridgehead atoms. The van der Waals surface area contributed by atoms with Crippen molar-refractivity contribution in [2.75, 3.05) is 6.61 Å². The zero-order chi connectivity index (χ0) is 15.7. The van der Waals surface area contributed by atoms with Crippen LogP contribution in [-0.4, -0.2) is 22.1 Å². The molecule has 0 unspecified atom stereocenters. The first-order valence-electron chi connectivity index (χ1n) is 7.45. The number of hydrogen-bond acceptors (Lipinski definition) is 2. The summed E-state index contributed by atoms with van der Waals surface area (Å²) >= 11 is 0. The van der Waals surface area contributed by atoms with E-state index < -0.39 is 0 Å². The predicted octanol–water partition coefficient (Wildman–Crippen LogP) is 3.73. The Kier molecular flexibility index (Phi) is 3.82. The van der Waals surface area contributed by atoms with E-state index in [0.717, 1.165) is 22.2 Å². The van der Waals surface area contributed by atoms with Crippen molar-refractivity contribution < 1.29 is 9.90 Å². The van der Waals surface area contributed by atoms with Crippen LogP contribution in [0.3, 0.4) is 0 Å². The van der Waals surface area contributed by atoms with Crippen LogP contribution < -0.4 is 0 Å². The first kappa shape index (κ1) is 14.5. The molecule has 3 heteroatoms. The Morgan fingerprint density at radius 1 is 1.09 bits per heavy atom. The van der Waals surface area contributed by atoms with E-state index >= 15 is 0 Å². The van der Waals surface area contributed by atoms with Gasteiger partial charge in [-0.2, -0.15) is 0 Å². The molecule has 1 aromatic heterocycles. The van der Waals surface area contributed by atoms with Crippen LogP contribution in [0.15, 0.2) is 54.6 Å². The number of carbonyl (C=O) groups excluding carboxylic acids is 1. The predicted molar refractivity (Wildman–Crippen MR) is 88.3 cm³/mol. The average Bonchev–Trinajstić information content (AvgIpc) is 2.86. The second-order valence-corrected chi connectivity index (χ2v) is 5.57. The number of ketones is 1. The Labute approximate surface area is 129 Å². The summed E-state index contributed by atoms with van der Waals surface area (Å²) in [7, 11) is 0. The van der Waals surface area contributed by atoms with Gasteiger partial charge in [-0.25, -0.2) is 0 Å². The number of aliphatic hydroxyl groups excluding tert-OH is 1. The zero-order valence-corrected chi connectivity index (χ0v) is 12.8. The Balaban J connectivity index is 2.26. The smallest absolute Gasteiger partial charge is 0.195 e. The van der Waals surface area contributed by atoms with Crippen molar-refractivity contribution in [3.63, 3.8) is 0 Å². The summed E-state index contributed by atoms with van der Waals surface area (Å²) in [6, 6.07) is 17.1. The third kappa shape index (κ3) is 2.24. The first-order chi connectivity index (χ1) is 10.6. The van der Waals surface area contributed by atoms with E-state index in [1.807, 2.05) is 73.0 Å². The van der Waals surface area contributed by atoms with Crippen molar-refractivity contribution in [2.45, 2.75) is 19.9 Å². The lowest BCUT2D eigenvalue weighted by molar-refractivity contribution is 0.103. The summed E-state index contributed by atoms with van der Waals surface area (Å²) < 4.78 is 2.05. The second-order valence-electron chi connectivity index (χ2n) is 5.57. The van der Waals surface area contributed by atoms with E-state index in [0.29, 0.717) is 5.56 Å². The summed E-state index contributed by atoms with van der Waals surface area (Å²) in [5, 5.41) is 10.5. The zero-order valence-electron chi connectivity index (χ0n) is 12.8. The molecule has 3 nitrogen and oxygen atoms in total.